The number of nitrogens with two attached hydrogens (primary N) is 1. The Morgan fingerprint density at radius 3 is 2.63 bits per heavy atom. The van der Waals surface area contributed by atoms with Crippen LogP contribution in [0, 0.1) is 0 Å². The number of hydrogen-bond acceptors (Lipinski definition) is 7. The summed E-state index contributed by atoms with van der Waals surface area (Å²) in [7, 11) is 0. The Balaban J connectivity index is 1.47. The summed E-state index contributed by atoms with van der Waals surface area (Å²) in [6.07, 6.45) is 0. The fourth-order valence-corrected chi connectivity index (χ4v) is 3.12. The first-order valence-electron chi connectivity index (χ1n) is 9.41. The SMILES string of the molecule is NC(=O)c1ccc(-c2noc(C3COCCN3C(=O)COc3ccccc3)n2)cc1. The van der Waals surface area contributed by atoms with Crippen LogP contribution in [0.4, 0.5) is 0 Å². The molecule has 1 saturated heterocycles. The number of aromatic nitrogens is 2. The van der Waals surface area contributed by atoms with Gasteiger partial charge in [0.25, 0.3) is 11.8 Å². The summed E-state index contributed by atoms with van der Waals surface area (Å²) < 4.78 is 16.5. The predicted octanol–water partition coefficient (Wildman–Crippen LogP) is 1.81. The number of primary amides is 1. The third-order valence-corrected chi connectivity index (χ3v) is 4.71. The summed E-state index contributed by atoms with van der Waals surface area (Å²) in [5.41, 5.74) is 6.31. The number of hydrogen-bond donors (Lipinski definition) is 1. The van der Waals surface area contributed by atoms with E-state index in [-0.39, 0.29) is 25.0 Å². The van der Waals surface area contributed by atoms with Crippen LogP contribution in [0.3, 0.4) is 0 Å². The number of carbonyl (C=O) groups excluding carboxylic acids is 2. The van der Waals surface area contributed by atoms with E-state index in [9.17, 15) is 9.59 Å². The zero-order valence-electron chi connectivity index (χ0n) is 16.1. The van der Waals surface area contributed by atoms with Gasteiger partial charge in [0, 0.05) is 17.7 Å². The molecule has 0 aliphatic carbocycles. The molecule has 2 heterocycles. The maximum absolute atomic E-state index is 12.7. The number of morpholine rings is 1. The van der Waals surface area contributed by atoms with Gasteiger partial charge in [-0.15, -0.1) is 0 Å². The number of ether oxygens (including phenoxy) is 2. The van der Waals surface area contributed by atoms with Crippen molar-refractivity contribution in [3.63, 3.8) is 0 Å². The first-order chi connectivity index (χ1) is 14.6. The lowest BCUT2D eigenvalue weighted by Crippen LogP contribution is -2.45. The molecule has 9 nitrogen and oxygen atoms in total. The molecule has 2 N–H and O–H groups in total. The number of amides is 2. The average molecular weight is 408 g/mol. The highest BCUT2D eigenvalue weighted by Gasteiger charge is 2.33. The number of carbonyl (C=O) groups is 2. The lowest BCUT2D eigenvalue weighted by atomic mass is 10.1. The second-order valence-corrected chi connectivity index (χ2v) is 6.68. The molecule has 9 heteroatoms. The first kappa shape index (κ1) is 19.6. The molecule has 30 heavy (non-hydrogen) atoms. The van der Waals surface area contributed by atoms with Crippen LogP contribution in [0.25, 0.3) is 11.4 Å². The van der Waals surface area contributed by atoms with Gasteiger partial charge in [-0.2, -0.15) is 4.98 Å². The van der Waals surface area contributed by atoms with Crippen LogP contribution in [0.15, 0.2) is 59.1 Å². The van der Waals surface area contributed by atoms with Crippen molar-refractivity contribution in [3.8, 4) is 17.1 Å². The molecule has 0 saturated carbocycles. The van der Waals surface area contributed by atoms with E-state index in [1.54, 1.807) is 41.3 Å². The quantitative estimate of drug-likeness (QED) is 0.660. The van der Waals surface area contributed by atoms with Crippen LogP contribution < -0.4 is 10.5 Å². The van der Waals surface area contributed by atoms with Gasteiger partial charge < -0.3 is 24.6 Å². The molecule has 1 aliphatic rings. The zero-order chi connectivity index (χ0) is 20.9. The van der Waals surface area contributed by atoms with Crippen molar-refractivity contribution in [1.29, 1.82) is 0 Å². The molecule has 4 rings (SSSR count). The Bertz CT molecular complexity index is 1020. The zero-order valence-corrected chi connectivity index (χ0v) is 16.1. The molecule has 1 aromatic heterocycles. The lowest BCUT2D eigenvalue weighted by Gasteiger charge is -2.33. The minimum atomic E-state index is -0.512. The summed E-state index contributed by atoms with van der Waals surface area (Å²) in [4.78, 5) is 30.0. The Kier molecular flexibility index (Phi) is 5.71. The monoisotopic (exact) mass is 408 g/mol. The standard InChI is InChI=1S/C21H20N4O5/c22-19(27)14-6-8-15(9-7-14)20-23-21(30-24-20)17-12-28-11-10-25(17)18(26)13-29-16-4-2-1-3-5-16/h1-9,17H,10-13H2,(H2,22,27). The summed E-state index contributed by atoms with van der Waals surface area (Å²) in [5, 5.41) is 4.00. The van der Waals surface area contributed by atoms with E-state index in [4.69, 9.17) is 19.7 Å². The van der Waals surface area contributed by atoms with Crippen molar-refractivity contribution >= 4 is 11.8 Å². The number of nitrogens with zero attached hydrogens (tertiary/aromatic N) is 3. The van der Waals surface area contributed by atoms with Crippen molar-refractivity contribution in [3.05, 3.63) is 66.1 Å². The largest absolute Gasteiger partial charge is 0.484 e. The van der Waals surface area contributed by atoms with E-state index >= 15 is 0 Å². The van der Waals surface area contributed by atoms with E-state index < -0.39 is 11.9 Å². The van der Waals surface area contributed by atoms with E-state index in [1.807, 2.05) is 18.2 Å². The summed E-state index contributed by atoms with van der Waals surface area (Å²) in [5.74, 6) is 0.533. The predicted molar refractivity (Wildman–Crippen MR) is 105 cm³/mol. The van der Waals surface area contributed by atoms with Gasteiger partial charge >= 0.3 is 0 Å². The molecular weight excluding hydrogens is 388 g/mol. The number of rotatable bonds is 6. The minimum absolute atomic E-state index is 0.101. The van der Waals surface area contributed by atoms with Crippen LogP contribution >= 0.6 is 0 Å². The van der Waals surface area contributed by atoms with Crippen LogP contribution in [0.2, 0.25) is 0 Å². The third kappa shape index (κ3) is 4.31. The van der Waals surface area contributed by atoms with Crippen molar-refractivity contribution in [2.24, 2.45) is 5.73 Å². The highest BCUT2D eigenvalue weighted by Crippen LogP contribution is 2.26. The van der Waals surface area contributed by atoms with Gasteiger partial charge in [-0.1, -0.05) is 35.5 Å². The van der Waals surface area contributed by atoms with Crippen molar-refractivity contribution < 1.29 is 23.6 Å². The van der Waals surface area contributed by atoms with Gasteiger partial charge in [-0.25, -0.2) is 0 Å². The minimum Gasteiger partial charge on any atom is -0.484 e. The third-order valence-electron chi connectivity index (χ3n) is 4.71. The summed E-state index contributed by atoms with van der Waals surface area (Å²) in [6, 6.07) is 15.2. The van der Waals surface area contributed by atoms with Crippen LogP contribution in [0.5, 0.6) is 5.75 Å². The molecule has 1 aliphatic heterocycles. The molecule has 0 bridgehead atoms. The second-order valence-electron chi connectivity index (χ2n) is 6.68. The van der Waals surface area contributed by atoms with Crippen LogP contribution in [-0.4, -0.2) is 53.2 Å². The van der Waals surface area contributed by atoms with Crippen LogP contribution in [-0.2, 0) is 9.53 Å². The van der Waals surface area contributed by atoms with Crippen LogP contribution in [0.1, 0.15) is 22.3 Å². The van der Waals surface area contributed by atoms with Crippen molar-refractivity contribution in [2.75, 3.05) is 26.4 Å². The molecule has 154 valence electrons. The molecule has 2 amide bonds. The maximum Gasteiger partial charge on any atom is 0.261 e. The van der Waals surface area contributed by atoms with Gasteiger partial charge in [0.1, 0.15) is 11.8 Å². The topological polar surface area (TPSA) is 121 Å². The van der Waals surface area contributed by atoms with Gasteiger partial charge in [-0.05, 0) is 24.3 Å². The normalized spacial score (nSPS) is 16.3. The van der Waals surface area contributed by atoms with Crippen molar-refractivity contribution in [2.45, 2.75) is 6.04 Å². The fourth-order valence-electron chi connectivity index (χ4n) is 3.12. The molecule has 0 spiro atoms. The molecule has 1 unspecified atom stereocenters. The van der Waals surface area contributed by atoms with Gasteiger partial charge in [0.15, 0.2) is 6.61 Å². The smallest absolute Gasteiger partial charge is 0.261 e. The Hall–Kier alpha value is -3.72. The summed E-state index contributed by atoms with van der Waals surface area (Å²) in [6.45, 7) is 0.964. The molecule has 1 fully saturated rings. The molecule has 3 aromatic rings. The summed E-state index contributed by atoms with van der Waals surface area (Å²) >= 11 is 0. The first-order valence-corrected chi connectivity index (χ1v) is 9.41. The number of para-hydroxylation sites is 1. The van der Waals surface area contributed by atoms with Gasteiger partial charge in [-0.3, -0.25) is 9.59 Å². The maximum atomic E-state index is 12.7. The van der Waals surface area contributed by atoms with E-state index in [0.29, 0.717) is 35.9 Å². The van der Waals surface area contributed by atoms with Crippen molar-refractivity contribution in [1.82, 2.24) is 15.0 Å². The molecule has 2 aromatic carbocycles. The Morgan fingerprint density at radius 1 is 1.13 bits per heavy atom. The highest BCUT2D eigenvalue weighted by molar-refractivity contribution is 5.93. The fraction of sp³-hybridized carbons (Fsp3) is 0.238. The van der Waals surface area contributed by atoms with E-state index in [2.05, 4.69) is 10.1 Å². The highest BCUT2D eigenvalue weighted by atomic mass is 16.5. The average Bonchev–Trinajstić information content (AvgIpc) is 3.28. The Morgan fingerprint density at radius 2 is 1.90 bits per heavy atom. The van der Waals surface area contributed by atoms with E-state index in [1.165, 1.54) is 0 Å². The lowest BCUT2D eigenvalue weighted by molar-refractivity contribution is -0.143. The van der Waals surface area contributed by atoms with E-state index in [0.717, 1.165) is 0 Å². The number of benzene rings is 2. The van der Waals surface area contributed by atoms with Gasteiger partial charge in [0.2, 0.25) is 11.7 Å². The Labute approximate surface area is 172 Å². The molecule has 1 atom stereocenters. The molecule has 0 radical (unpaired) electrons. The molecular formula is C21H20N4O5. The van der Waals surface area contributed by atoms with Gasteiger partial charge in [0.05, 0.1) is 13.2 Å². The second kappa shape index (κ2) is 8.75.